The molecule has 150 valence electrons. The first-order valence-electron chi connectivity index (χ1n) is 9.28. The first kappa shape index (κ1) is 19.7. The molecule has 0 bridgehead atoms. The van der Waals surface area contributed by atoms with Crippen molar-refractivity contribution >= 4 is 11.6 Å². The number of methoxy groups -OCH3 is 2. The molecular weight excluding hydrogens is 360 g/mol. The summed E-state index contributed by atoms with van der Waals surface area (Å²) in [5.74, 6) is 1.24. The predicted octanol–water partition coefficient (Wildman–Crippen LogP) is 1.33. The van der Waals surface area contributed by atoms with Crippen molar-refractivity contribution in [2.75, 3.05) is 32.2 Å². The maximum atomic E-state index is 12.7. The molecule has 1 amide bonds. The summed E-state index contributed by atoms with van der Waals surface area (Å²) in [5.41, 5.74) is 1.52. The van der Waals surface area contributed by atoms with E-state index in [9.17, 15) is 9.59 Å². The number of benzene rings is 1. The lowest BCUT2D eigenvalue weighted by Crippen LogP contribution is -2.43. The molecule has 0 saturated carbocycles. The Morgan fingerprint density at radius 1 is 1.21 bits per heavy atom. The second-order valence-electron chi connectivity index (χ2n) is 6.90. The lowest BCUT2D eigenvalue weighted by atomic mass is 9.96. The maximum Gasteiger partial charge on any atom is 0.268 e. The highest BCUT2D eigenvalue weighted by Gasteiger charge is 2.26. The van der Waals surface area contributed by atoms with Gasteiger partial charge in [0.05, 0.1) is 32.0 Å². The van der Waals surface area contributed by atoms with Gasteiger partial charge < -0.3 is 19.7 Å². The van der Waals surface area contributed by atoms with Gasteiger partial charge in [0, 0.05) is 38.8 Å². The van der Waals surface area contributed by atoms with E-state index in [4.69, 9.17) is 9.47 Å². The minimum absolute atomic E-state index is 0.00304. The van der Waals surface area contributed by atoms with Gasteiger partial charge in [-0.05, 0) is 30.5 Å². The summed E-state index contributed by atoms with van der Waals surface area (Å²) in [5, 5.41) is 7.08. The fraction of sp³-hybridized carbons (Fsp3) is 0.450. The Kier molecular flexibility index (Phi) is 6.18. The van der Waals surface area contributed by atoms with Crippen LogP contribution < -0.4 is 25.2 Å². The Morgan fingerprint density at radius 3 is 2.57 bits per heavy atom. The van der Waals surface area contributed by atoms with Crippen LogP contribution in [0.5, 0.6) is 11.5 Å². The molecule has 1 atom stereocenters. The molecule has 2 aromatic rings. The van der Waals surface area contributed by atoms with Crippen LogP contribution in [0.4, 0.5) is 5.69 Å². The molecule has 1 aliphatic heterocycles. The topological polar surface area (TPSA) is 85.7 Å². The monoisotopic (exact) mass is 386 g/mol. The molecule has 1 aromatic carbocycles. The zero-order valence-corrected chi connectivity index (χ0v) is 16.5. The van der Waals surface area contributed by atoms with Gasteiger partial charge in [0.2, 0.25) is 5.91 Å². The molecule has 0 radical (unpaired) electrons. The molecule has 28 heavy (non-hydrogen) atoms. The second kappa shape index (κ2) is 8.77. The van der Waals surface area contributed by atoms with Crippen molar-refractivity contribution in [3.63, 3.8) is 0 Å². The average molecular weight is 386 g/mol. The SMILES string of the molecule is COc1cc(CNC(=O)[C@H]2CCCN(c3cnn(C)c(=O)c3)C2)cc(OC)c1. The molecule has 1 fully saturated rings. The molecule has 1 aliphatic rings. The van der Waals surface area contributed by atoms with Gasteiger partial charge in [-0.3, -0.25) is 9.59 Å². The van der Waals surface area contributed by atoms with Crippen molar-refractivity contribution in [3.8, 4) is 11.5 Å². The van der Waals surface area contributed by atoms with Crippen LogP contribution in [0.25, 0.3) is 0 Å². The number of aromatic nitrogens is 2. The summed E-state index contributed by atoms with van der Waals surface area (Å²) in [6.45, 7) is 1.78. The number of aryl methyl sites for hydroxylation is 1. The number of hydrogen-bond acceptors (Lipinski definition) is 6. The maximum absolute atomic E-state index is 12.7. The van der Waals surface area contributed by atoms with E-state index < -0.39 is 0 Å². The predicted molar refractivity (Wildman–Crippen MR) is 106 cm³/mol. The van der Waals surface area contributed by atoms with Crippen molar-refractivity contribution in [2.24, 2.45) is 13.0 Å². The fourth-order valence-electron chi connectivity index (χ4n) is 3.36. The summed E-state index contributed by atoms with van der Waals surface area (Å²) >= 11 is 0. The first-order chi connectivity index (χ1) is 13.5. The molecule has 0 unspecified atom stereocenters. The number of carbonyl (C=O) groups is 1. The molecule has 0 spiro atoms. The van der Waals surface area contributed by atoms with Crippen molar-refractivity contribution in [3.05, 3.63) is 46.4 Å². The van der Waals surface area contributed by atoms with Crippen molar-refractivity contribution < 1.29 is 14.3 Å². The van der Waals surface area contributed by atoms with Crippen LogP contribution in [0.15, 0.2) is 35.3 Å². The van der Waals surface area contributed by atoms with Crippen molar-refractivity contribution in [1.29, 1.82) is 0 Å². The zero-order chi connectivity index (χ0) is 20.1. The molecule has 1 aromatic heterocycles. The molecule has 1 N–H and O–H groups in total. The van der Waals surface area contributed by atoms with Gasteiger partial charge in [0.25, 0.3) is 5.56 Å². The molecular formula is C20H26N4O4. The average Bonchev–Trinajstić information content (AvgIpc) is 2.73. The Hall–Kier alpha value is -3.03. The summed E-state index contributed by atoms with van der Waals surface area (Å²) in [7, 11) is 4.81. The largest absolute Gasteiger partial charge is 0.497 e. The van der Waals surface area contributed by atoms with Crippen LogP contribution in [0.1, 0.15) is 18.4 Å². The lowest BCUT2D eigenvalue weighted by Gasteiger charge is -2.33. The number of rotatable bonds is 6. The lowest BCUT2D eigenvalue weighted by molar-refractivity contribution is -0.125. The van der Waals surface area contributed by atoms with Crippen LogP contribution in [0, 0.1) is 5.92 Å². The number of nitrogens with zero attached hydrogens (tertiary/aromatic N) is 3. The van der Waals surface area contributed by atoms with E-state index in [1.165, 1.54) is 4.68 Å². The summed E-state index contributed by atoms with van der Waals surface area (Å²) in [6.07, 6.45) is 3.38. The number of piperidine rings is 1. The van der Waals surface area contributed by atoms with Crippen LogP contribution in [-0.4, -0.2) is 43.0 Å². The van der Waals surface area contributed by atoms with E-state index in [0.29, 0.717) is 24.6 Å². The Bertz CT molecular complexity index is 874. The van der Waals surface area contributed by atoms with Crippen LogP contribution in [0.2, 0.25) is 0 Å². The standard InChI is InChI=1S/C20H26N4O4/c1-23-19(25)9-16(12-22-23)24-6-4-5-15(13-24)20(26)21-11-14-7-17(27-2)10-18(8-14)28-3/h7-10,12,15H,4-6,11,13H2,1-3H3,(H,21,26)/t15-/m0/s1. The third kappa shape index (κ3) is 4.62. The number of amides is 1. The highest BCUT2D eigenvalue weighted by Crippen LogP contribution is 2.24. The van der Waals surface area contributed by atoms with Gasteiger partial charge in [0.1, 0.15) is 11.5 Å². The number of anilines is 1. The van der Waals surface area contributed by atoms with Crippen molar-refractivity contribution in [2.45, 2.75) is 19.4 Å². The van der Waals surface area contributed by atoms with Crippen LogP contribution in [0.3, 0.4) is 0 Å². The van der Waals surface area contributed by atoms with Gasteiger partial charge in [-0.15, -0.1) is 0 Å². The van der Waals surface area contributed by atoms with Gasteiger partial charge in [-0.1, -0.05) is 0 Å². The molecule has 2 heterocycles. The third-order valence-corrected chi connectivity index (χ3v) is 4.99. The molecule has 0 aliphatic carbocycles. The summed E-state index contributed by atoms with van der Waals surface area (Å²) in [6, 6.07) is 7.11. The molecule has 8 heteroatoms. The minimum Gasteiger partial charge on any atom is -0.497 e. The Morgan fingerprint density at radius 2 is 1.93 bits per heavy atom. The summed E-state index contributed by atoms with van der Waals surface area (Å²) < 4.78 is 11.8. The quantitative estimate of drug-likeness (QED) is 0.806. The zero-order valence-electron chi connectivity index (χ0n) is 16.5. The molecule has 3 rings (SSSR count). The van der Waals surface area contributed by atoms with Crippen LogP contribution in [-0.2, 0) is 18.4 Å². The Balaban J connectivity index is 1.62. The highest BCUT2D eigenvalue weighted by molar-refractivity contribution is 5.79. The van der Waals surface area contributed by atoms with Gasteiger partial charge >= 0.3 is 0 Å². The number of ether oxygens (including phenoxy) is 2. The number of hydrogen-bond donors (Lipinski definition) is 1. The normalized spacial score (nSPS) is 16.5. The van der Waals surface area contributed by atoms with Gasteiger partial charge in [0.15, 0.2) is 0 Å². The van der Waals surface area contributed by atoms with E-state index in [0.717, 1.165) is 30.6 Å². The highest BCUT2D eigenvalue weighted by atomic mass is 16.5. The molecule has 1 saturated heterocycles. The van der Waals surface area contributed by atoms with Gasteiger partial charge in [-0.2, -0.15) is 5.10 Å². The molecule has 8 nitrogen and oxygen atoms in total. The smallest absolute Gasteiger partial charge is 0.268 e. The van der Waals surface area contributed by atoms with E-state index in [2.05, 4.69) is 15.3 Å². The third-order valence-electron chi connectivity index (χ3n) is 4.99. The van der Waals surface area contributed by atoms with Gasteiger partial charge in [-0.25, -0.2) is 4.68 Å². The number of nitrogens with one attached hydrogen (secondary N) is 1. The van der Waals surface area contributed by atoms with Crippen molar-refractivity contribution in [1.82, 2.24) is 15.1 Å². The van der Waals surface area contributed by atoms with E-state index in [1.54, 1.807) is 39.6 Å². The fourth-order valence-corrected chi connectivity index (χ4v) is 3.36. The van der Waals surface area contributed by atoms with Crippen LogP contribution >= 0.6 is 0 Å². The second-order valence-corrected chi connectivity index (χ2v) is 6.90. The Labute approximate surface area is 164 Å². The number of carbonyl (C=O) groups excluding carboxylic acids is 1. The van der Waals surface area contributed by atoms with E-state index in [1.807, 2.05) is 12.1 Å². The summed E-state index contributed by atoms with van der Waals surface area (Å²) in [4.78, 5) is 26.6. The minimum atomic E-state index is -0.156. The first-order valence-corrected chi connectivity index (χ1v) is 9.28. The van der Waals surface area contributed by atoms with E-state index >= 15 is 0 Å². The van der Waals surface area contributed by atoms with E-state index in [-0.39, 0.29) is 17.4 Å².